The second-order valence-corrected chi connectivity index (χ2v) is 1.95. The molecule has 0 rings (SSSR count). The normalized spacial score (nSPS) is 9.60. The van der Waals surface area contributed by atoms with E-state index in [1.165, 1.54) is 0 Å². The van der Waals surface area contributed by atoms with Gasteiger partial charge in [-0.2, -0.15) is 0 Å². The van der Waals surface area contributed by atoms with E-state index in [9.17, 15) is 4.79 Å². The van der Waals surface area contributed by atoms with Crippen LogP contribution < -0.4 is 0 Å². The summed E-state index contributed by atoms with van der Waals surface area (Å²) in [4.78, 5) is 9.30. The first-order valence-electron chi connectivity index (χ1n) is 0.966. The Labute approximate surface area is 37.5 Å². The standard InChI is InChI=1S/CH2AsBO2/c3-2-1(4)5/h2H,(H,4,5). The van der Waals surface area contributed by atoms with Gasteiger partial charge in [-0.3, -0.25) is 0 Å². The van der Waals surface area contributed by atoms with Crippen molar-refractivity contribution in [1.82, 2.24) is 0 Å². The second kappa shape index (κ2) is 2.34. The van der Waals surface area contributed by atoms with Crippen LogP contribution in [-0.4, -0.2) is 32.0 Å². The Kier molecular flexibility index (Phi) is 2.38. The van der Waals surface area contributed by atoms with Crippen molar-refractivity contribution in [3.63, 3.8) is 0 Å². The van der Waals surface area contributed by atoms with Crippen molar-refractivity contribution in [2.75, 3.05) is 0 Å². The van der Waals surface area contributed by atoms with Gasteiger partial charge in [0.2, 0.25) is 0 Å². The van der Waals surface area contributed by atoms with Crippen molar-refractivity contribution in [3.05, 3.63) is 0 Å². The summed E-state index contributed by atoms with van der Waals surface area (Å²) in [6.07, 6.45) is 0. The van der Waals surface area contributed by atoms with Crippen LogP contribution in [0.4, 0.5) is 4.79 Å². The van der Waals surface area contributed by atoms with E-state index < -0.39 is 20.3 Å². The van der Waals surface area contributed by atoms with E-state index in [0.29, 0.717) is 0 Å². The van der Waals surface area contributed by atoms with E-state index in [4.69, 9.17) is 11.6 Å². The molecule has 2 radical (unpaired) electrons. The molecular weight excluding hydrogens is 130 g/mol. The summed E-state index contributed by atoms with van der Waals surface area (Å²) in [5, 5.41) is 7.65. The molecule has 0 aliphatic rings. The third kappa shape index (κ3) is 4.09. The zero-order chi connectivity index (χ0) is 4.28. The Morgan fingerprint density at radius 1 is 2.00 bits per heavy atom. The molecule has 0 saturated carbocycles. The molecule has 2 nitrogen and oxygen atoms in total. The number of carbonyl (C=O) groups is 1. The van der Waals surface area contributed by atoms with Gasteiger partial charge in [-0.25, -0.2) is 0 Å². The SMILES string of the molecule is [B][AsH]C(=O)O. The topological polar surface area (TPSA) is 37.3 Å². The fraction of sp³-hybridized carbons (Fsp3) is 0. The first kappa shape index (κ1) is 5.09. The Balaban J connectivity index is 2.85. The van der Waals surface area contributed by atoms with E-state index in [0.717, 1.165) is 0 Å². The molecule has 0 fully saturated rings. The molecule has 1 atom stereocenters. The molecule has 0 spiro atoms. The van der Waals surface area contributed by atoms with Crippen molar-refractivity contribution < 1.29 is 9.90 Å². The molecule has 1 unspecified atom stereocenters. The molecule has 5 heavy (non-hydrogen) atoms. The van der Waals surface area contributed by atoms with Crippen molar-refractivity contribution in [2.45, 2.75) is 0 Å². The molecule has 0 aromatic carbocycles. The van der Waals surface area contributed by atoms with Gasteiger partial charge in [0.05, 0.1) is 0 Å². The fourth-order valence-electron chi connectivity index (χ4n) is 0. The summed E-state index contributed by atoms with van der Waals surface area (Å²) in [6, 6.07) is 0. The fourth-order valence-corrected chi connectivity index (χ4v) is 0. The van der Waals surface area contributed by atoms with E-state index in [1.807, 2.05) is 0 Å². The Morgan fingerprint density at radius 3 is 2.20 bits per heavy atom. The summed E-state index contributed by atoms with van der Waals surface area (Å²) in [6.45, 7) is 4.70. The molecule has 4 heteroatoms. The van der Waals surface area contributed by atoms with Crippen LogP contribution in [0.15, 0.2) is 0 Å². The van der Waals surface area contributed by atoms with Crippen LogP contribution in [0.5, 0.6) is 0 Å². The predicted octanol–water partition coefficient (Wildman–Crippen LogP) is -0.816. The molecule has 0 aromatic rings. The quantitative estimate of drug-likeness (QED) is 0.473. The molecule has 26 valence electrons. The van der Waals surface area contributed by atoms with Gasteiger partial charge in [-0.15, -0.1) is 0 Å². The van der Waals surface area contributed by atoms with Crippen molar-refractivity contribution in [1.29, 1.82) is 0 Å². The van der Waals surface area contributed by atoms with Gasteiger partial charge in [0.15, 0.2) is 0 Å². The molecular formula is CH2AsBO2. The van der Waals surface area contributed by atoms with E-state index in [2.05, 4.69) is 0 Å². The van der Waals surface area contributed by atoms with Gasteiger partial charge in [-0.05, 0) is 0 Å². The van der Waals surface area contributed by atoms with Crippen LogP contribution in [0.3, 0.4) is 0 Å². The first-order chi connectivity index (χ1) is 2.27. The molecule has 0 bridgehead atoms. The van der Waals surface area contributed by atoms with Crippen LogP contribution in [0.25, 0.3) is 0 Å². The van der Waals surface area contributed by atoms with E-state index in [1.54, 1.807) is 0 Å². The van der Waals surface area contributed by atoms with Crippen molar-refractivity contribution in [2.24, 2.45) is 0 Å². The maximum absolute atomic E-state index is 9.30. The van der Waals surface area contributed by atoms with E-state index >= 15 is 0 Å². The van der Waals surface area contributed by atoms with Crippen molar-refractivity contribution in [3.8, 4) is 0 Å². The van der Waals surface area contributed by atoms with Gasteiger partial charge in [0.25, 0.3) is 0 Å². The molecule has 0 aliphatic heterocycles. The Bertz CT molecular complexity index is 44.9. The van der Waals surface area contributed by atoms with E-state index in [-0.39, 0.29) is 0 Å². The van der Waals surface area contributed by atoms with Gasteiger partial charge in [-0.1, -0.05) is 0 Å². The molecule has 1 N–H and O–H groups in total. The average Bonchev–Trinajstić information content (AvgIpc) is 1.38. The van der Waals surface area contributed by atoms with Gasteiger partial charge in [0.1, 0.15) is 0 Å². The van der Waals surface area contributed by atoms with Crippen LogP contribution in [0.1, 0.15) is 0 Å². The van der Waals surface area contributed by atoms with Gasteiger partial charge in [0, 0.05) is 0 Å². The summed E-state index contributed by atoms with van der Waals surface area (Å²) in [5.74, 6) is 0. The Morgan fingerprint density at radius 2 is 2.20 bits per heavy atom. The van der Waals surface area contributed by atoms with Crippen LogP contribution in [0, 0.1) is 0 Å². The van der Waals surface area contributed by atoms with Crippen molar-refractivity contribution >= 4 is 26.9 Å². The number of hydrogen-bond acceptors (Lipinski definition) is 1. The monoisotopic (exact) mass is 132 g/mol. The number of carboxylic acid groups (broad SMARTS) is 1. The number of hydrogen-bond donors (Lipinski definition) is 1. The zero-order valence-electron chi connectivity index (χ0n) is 2.43. The first-order valence-corrected chi connectivity index (χ1v) is 3.23. The number of rotatable bonds is 1. The summed E-state index contributed by atoms with van der Waals surface area (Å²) >= 11 is -1.14. The third-order valence-electron chi connectivity index (χ3n) is 0.123. The summed E-state index contributed by atoms with van der Waals surface area (Å²) < 4.78 is -0.843. The van der Waals surface area contributed by atoms with Crippen LogP contribution >= 0.6 is 0 Å². The summed E-state index contributed by atoms with van der Waals surface area (Å²) in [5.41, 5.74) is 0. The zero-order valence-corrected chi connectivity index (χ0v) is 4.53. The molecule has 0 aliphatic carbocycles. The molecule has 0 amide bonds. The summed E-state index contributed by atoms with van der Waals surface area (Å²) in [7, 11) is 0. The second-order valence-electron chi connectivity index (χ2n) is 0.449. The minimum absolute atomic E-state index is 0.843. The predicted molar refractivity (Wildman–Crippen MR) is 20.9 cm³/mol. The van der Waals surface area contributed by atoms with Crippen LogP contribution in [0.2, 0.25) is 0 Å². The molecule has 0 saturated heterocycles. The Hall–Kier alpha value is 0.0934. The van der Waals surface area contributed by atoms with Gasteiger partial charge >= 0.3 is 36.8 Å². The third-order valence-corrected chi connectivity index (χ3v) is 0.642. The van der Waals surface area contributed by atoms with Gasteiger partial charge < -0.3 is 0 Å². The molecule has 0 aromatic heterocycles. The molecule has 0 heterocycles. The average molecular weight is 132 g/mol. The minimum atomic E-state index is -1.14. The maximum atomic E-state index is 9.30. The van der Waals surface area contributed by atoms with Crippen LogP contribution in [-0.2, 0) is 0 Å².